The predicted octanol–water partition coefficient (Wildman–Crippen LogP) is 3.80. The van der Waals surface area contributed by atoms with E-state index in [9.17, 15) is 5.11 Å². The van der Waals surface area contributed by atoms with E-state index in [1.807, 2.05) is 36.4 Å². The minimum atomic E-state index is -0.478. The number of fused-ring (bicyclic) bond motifs is 1. The van der Waals surface area contributed by atoms with Crippen LogP contribution in [-0.4, -0.2) is 54.4 Å². The van der Waals surface area contributed by atoms with Gasteiger partial charge in [-0.2, -0.15) is 0 Å². The zero-order chi connectivity index (χ0) is 19.3. The molecule has 5 nitrogen and oxygen atoms in total. The van der Waals surface area contributed by atoms with Crippen LogP contribution in [-0.2, 0) is 0 Å². The predicted molar refractivity (Wildman–Crippen MR) is 111 cm³/mol. The third-order valence-electron chi connectivity index (χ3n) is 5.60. The first kappa shape index (κ1) is 18.8. The number of aliphatic hydroxyl groups is 1. The molecule has 1 aliphatic rings. The van der Waals surface area contributed by atoms with Crippen LogP contribution >= 0.6 is 0 Å². The van der Waals surface area contributed by atoms with E-state index >= 15 is 0 Å². The number of likely N-dealkylation sites (tertiary alicyclic amines) is 1. The molecule has 4 rings (SSSR count). The average molecular weight is 380 g/mol. The van der Waals surface area contributed by atoms with Crippen LogP contribution in [0.15, 0.2) is 54.7 Å². The fraction of sp³-hybridized carbons (Fsp3) is 0.391. The summed E-state index contributed by atoms with van der Waals surface area (Å²) in [7, 11) is 1.71. The van der Waals surface area contributed by atoms with Gasteiger partial charge in [0, 0.05) is 23.6 Å². The number of methoxy groups -OCH3 is 1. The van der Waals surface area contributed by atoms with Gasteiger partial charge in [-0.1, -0.05) is 18.2 Å². The zero-order valence-electron chi connectivity index (χ0n) is 16.3. The largest absolute Gasteiger partial charge is 0.497 e. The van der Waals surface area contributed by atoms with Gasteiger partial charge in [-0.05, 0) is 67.7 Å². The van der Waals surface area contributed by atoms with Gasteiger partial charge in [0.05, 0.1) is 7.11 Å². The van der Waals surface area contributed by atoms with Crippen molar-refractivity contribution >= 4 is 10.9 Å². The first-order chi connectivity index (χ1) is 13.7. The van der Waals surface area contributed by atoms with Crippen LogP contribution in [0.25, 0.3) is 10.9 Å². The van der Waals surface area contributed by atoms with Gasteiger partial charge in [0.15, 0.2) is 0 Å². The second kappa shape index (κ2) is 8.67. The maximum Gasteiger partial charge on any atom is 0.119 e. The Morgan fingerprint density at radius 3 is 2.64 bits per heavy atom. The molecule has 1 atom stereocenters. The van der Waals surface area contributed by atoms with Gasteiger partial charge in [0.1, 0.15) is 24.2 Å². The van der Waals surface area contributed by atoms with Crippen molar-refractivity contribution in [3.8, 4) is 11.5 Å². The molecule has 0 saturated carbocycles. The number of nitrogens with one attached hydrogen (secondary N) is 1. The highest BCUT2D eigenvalue weighted by molar-refractivity contribution is 5.85. The standard InChI is InChI=1S/C23H28N2O3/c1-27-20-7-8-23-21(13-20)22(14-24-23)17-9-11-25(12-10-17)15-18(26)16-28-19-5-3-2-4-6-19/h2-8,13-14,17-18,24,26H,9-12,15-16H2,1H3. The fourth-order valence-corrected chi connectivity index (χ4v) is 4.07. The highest BCUT2D eigenvalue weighted by Crippen LogP contribution is 2.34. The summed E-state index contributed by atoms with van der Waals surface area (Å²) < 4.78 is 11.1. The molecule has 2 N–H and O–H groups in total. The van der Waals surface area contributed by atoms with Crippen molar-refractivity contribution < 1.29 is 14.6 Å². The first-order valence-electron chi connectivity index (χ1n) is 9.96. The second-order valence-corrected chi connectivity index (χ2v) is 7.51. The summed E-state index contributed by atoms with van der Waals surface area (Å²) in [4.78, 5) is 5.73. The third kappa shape index (κ3) is 4.32. The van der Waals surface area contributed by atoms with Gasteiger partial charge in [0.25, 0.3) is 0 Å². The maximum absolute atomic E-state index is 10.3. The van der Waals surface area contributed by atoms with E-state index in [-0.39, 0.29) is 0 Å². The number of aliphatic hydroxyl groups excluding tert-OH is 1. The van der Waals surface area contributed by atoms with Crippen LogP contribution in [0, 0.1) is 0 Å². The average Bonchev–Trinajstić information content (AvgIpc) is 3.17. The van der Waals surface area contributed by atoms with Crippen molar-refractivity contribution in [1.82, 2.24) is 9.88 Å². The number of nitrogens with zero attached hydrogens (tertiary/aromatic N) is 1. The van der Waals surface area contributed by atoms with E-state index in [4.69, 9.17) is 9.47 Å². The van der Waals surface area contributed by atoms with Gasteiger partial charge >= 0.3 is 0 Å². The van der Waals surface area contributed by atoms with Crippen molar-refractivity contribution in [3.05, 3.63) is 60.3 Å². The maximum atomic E-state index is 10.3. The lowest BCUT2D eigenvalue weighted by Gasteiger charge is -2.33. The molecule has 5 heteroatoms. The summed E-state index contributed by atoms with van der Waals surface area (Å²) in [6, 6.07) is 15.8. The van der Waals surface area contributed by atoms with Gasteiger partial charge in [-0.15, -0.1) is 0 Å². The van der Waals surface area contributed by atoms with Crippen molar-refractivity contribution in [2.24, 2.45) is 0 Å². The summed E-state index contributed by atoms with van der Waals surface area (Å²) in [6.07, 6.45) is 3.86. The SMILES string of the molecule is COc1ccc2[nH]cc(C3CCN(CC(O)COc4ccccc4)CC3)c2c1. The summed E-state index contributed by atoms with van der Waals surface area (Å²) in [5, 5.41) is 11.6. The third-order valence-corrected chi connectivity index (χ3v) is 5.60. The number of aromatic nitrogens is 1. The van der Waals surface area contributed by atoms with Crippen LogP contribution in [0.1, 0.15) is 24.3 Å². The number of rotatable bonds is 7. The Hall–Kier alpha value is -2.50. The van der Waals surface area contributed by atoms with Crippen LogP contribution in [0.2, 0.25) is 0 Å². The number of H-pyrrole nitrogens is 1. The van der Waals surface area contributed by atoms with Crippen molar-refractivity contribution in [1.29, 1.82) is 0 Å². The topological polar surface area (TPSA) is 57.7 Å². The molecule has 1 aromatic heterocycles. The van der Waals surface area contributed by atoms with Crippen LogP contribution in [0.3, 0.4) is 0 Å². The Balaban J connectivity index is 1.30. The summed E-state index contributed by atoms with van der Waals surface area (Å²) >= 11 is 0. The Labute approximate surface area is 165 Å². The van der Waals surface area contributed by atoms with Gasteiger partial charge < -0.3 is 24.5 Å². The molecule has 1 fully saturated rings. The molecule has 0 amide bonds. The molecular weight excluding hydrogens is 352 g/mol. The fourth-order valence-electron chi connectivity index (χ4n) is 4.07. The van der Waals surface area contributed by atoms with E-state index in [0.29, 0.717) is 19.1 Å². The van der Waals surface area contributed by atoms with E-state index in [1.54, 1.807) is 7.11 Å². The van der Waals surface area contributed by atoms with Crippen LogP contribution in [0.5, 0.6) is 11.5 Å². The Kier molecular flexibility index (Phi) is 5.84. The molecule has 1 aliphatic heterocycles. The van der Waals surface area contributed by atoms with Crippen LogP contribution < -0.4 is 9.47 Å². The van der Waals surface area contributed by atoms with E-state index in [1.165, 1.54) is 10.9 Å². The Bertz CT molecular complexity index is 885. The summed E-state index contributed by atoms with van der Waals surface area (Å²) in [5.41, 5.74) is 2.54. The number of β-amino-alcohol motifs (C(OH)–C–C–N with tert-alkyl or cyclic N) is 1. The summed E-state index contributed by atoms with van der Waals surface area (Å²) in [6.45, 7) is 2.96. The Morgan fingerprint density at radius 2 is 1.89 bits per heavy atom. The molecule has 3 aromatic rings. The molecule has 1 unspecified atom stereocenters. The molecule has 2 aromatic carbocycles. The van der Waals surface area contributed by atoms with Gasteiger partial charge in [0.2, 0.25) is 0 Å². The monoisotopic (exact) mass is 380 g/mol. The van der Waals surface area contributed by atoms with Gasteiger partial charge in [-0.3, -0.25) is 0 Å². The number of aromatic amines is 1. The second-order valence-electron chi connectivity index (χ2n) is 7.51. The molecular formula is C23H28N2O3. The number of hydrogen-bond acceptors (Lipinski definition) is 4. The van der Waals surface area contributed by atoms with E-state index in [2.05, 4.69) is 28.2 Å². The molecule has 148 valence electrons. The van der Waals surface area contributed by atoms with Crippen LogP contribution in [0.4, 0.5) is 0 Å². The van der Waals surface area contributed by atoms with Gasteiger partial charge in [-0.25, -0.2) is 0 Å². The minimum absolute atomic E-state index is 0.326. The molecule has 0 spiro atoms. The zero-order valence-corrected chi connectivity index (χ0v) is 16.3. The summed E-state index contributed by atoms with van der Waals surface area (Å²) in [5.74, 6) is 2.23. The molecule has 1 saturated heterocycles. The van der Waals surface area contributed by atoms with Crippen molar-refractivity contribution in [2.45, 2.75) is 24.9 Å². The first-order valence-corrected chi connectivity index (χ1v) is 9.96. The quantitative estimate of drug-likeness (QED) is 0.655. The molecule has 0 bridgehead atoms. The lowest BCUT2D eigenvalue weighted by Crippen LogP contribution is -2.40. The number of piperidine rings is 1. The Morgan fingerprint density at radius 1 is 1.11 bits per heavy atom. The number of benzene rings is 2. The minimum Gasteiger partial charge on any atom is -0.497 e. The van der Waals surface area contributed by atoms with Crippen molar-refractivity contribution in [2.75, 3.05) is 33.4 Å². The molecule has 2 heterocycles. The van der Waals surface area contributed by atoms with Crippen molar-refractivity contribution in [3.63, 3.8) is 0 Å². The number of para-hydroxylation sites is 1. The highest BCUT2D eigenvalue weighted by Gasteiger charge is 2.24. The van der Waals surface area contributed by atoms with E-state index in [0.717, 1.165) is 42.9 Å². The number of ether oxygens (including phenoxy) is 2. The molecule has 0 aliphatic carbocycles. The smallest absolute Gasteiger partial charge is 0.119 e. The van der Waals surface area contributed by atoms with E-state index < -0.39 is 6.10 Å². The number of hydrogen-bond donors (Lipinski definition) is 2. The lowest BCUT2D eigenvalue weighted by molar-refractivity contribution is 0.0595. The normalized spacial score (nSPS) is 16.9. The highest BCUT2D eigenvalue weighted by atomic mass is 16.5. The molecule has 28 heavy (non-hydrogen) atoms. The molecule has 0 radical (unpaired) electrons. The lowest BCUT2D eigenvalue weighted by atomic mass is 9.89.